The summed E-state index contributed by atoms with van der Waals surface area (Å²) in [5, 5.41) is 11.5. The number of nitrogens with zero attached hydrogens (tertiary/aromatic N) is 4. The normalized spacial score (nSPS) is 10.8. The molecule has 0 saturated carbocycles. The lowest BCUT2D eigenvalue weighted by atomic mass is 10.1. The van der Waals surface area contributed by atoms with Crippen LogP contribution in [0.25, 0.3) is 17.1 Å². The van der Waals surface area contributed by atoms with Crippen molar-refractivity contribution in [3.05, 3.63) is 53.3 Å². The van der Waals surface area contributed by atoms with E-state index < -0.39 is 5.82 Å². The fourth-order valence-electron chi connectivity index (χ4n) is 2.10. The van der Waals surface area contributed by atoms with Crippen LogP contribution < -0.4 is 5.73 Å². The predicted molar refractivity (Wildman–Crippen MR) is 78.4 cm³/mol. The molecule has 1 heterocycles. The number of rotatable bonds is 2. The SMILES string of the molecule is Cc1ccc(-n2nnnc2-c2cc(N)ccc2F)cc1C. The lowest BCUT2D eigenvalue weighted by molar-refractivity contribution is 0.629. The summed E-state index contributed by atoms with van der Waals surface area (Å²) < 4.78 is 15.5. The first-order valence-corrected chi connectivity index (χ1v) is 6.47. The van der Waals surface area contributed by atoms with Crippen LogP contribution in [0.15, 0.2) is 36.4 Å². The van der Waals surface area contributed by atoms with Gasteiger partial charge in [-0.2, -0.15) is 4.68 Å². The molecule has 0 bridgehead atoms. The Bertz CT molecular complexity index is 810. The highest BCUT2D eigenvalue weighted by Crippen LogP contribution is 2.25. The third-order valence-electron chi connectivity index (χ3n) is 3.44. The van der Waals surface area contributed by atoms with Gasteiger partial charge in [-0.15, -0.1) is 5.10 Å². The molecule has 0 saturated heterocycles. The minimum Gasteiger partial charge on any atom is -0.399 e. The van der Waals surface area contributed by atoms with Crippen molar-refractivity contribution < 1.29 is 4.39 Å². The summed E-state index contributed by atoms with van der Waals surface area (Å²) in [4.78, 5) is 0. The molecular formula is C15H14FN5. The maximum atomic E-state index is 14.0. The number of nitrogens with two attached hydrogens (primary N) is 1. The van der Waals surface area contributed by atoms with Crippen molar-refractivity contribution in [3.8, 4) is 17.1 Å². The predicted octanol–water partition coefficient (Wildman–Crippen LogP) is 2.67. The average Bonchev–Trinajstić information content (AvgIpc) is 2.93. The minimum atomic E-state index is -0.413. The van der Waals surface area contributed by atoms with Crippen LogP contribution in [-0.2, 0) is 0 Å². The Morgan fingerprint density at radius 3 is 2.62 bits per heavy atom. The Hall–Kier alpha value is -2.76. The second kappa shape index (κ2) is 4.97. The summed E-state index contributed by atoms with van der Waals surface area (Å²) in [6.07, 6.45) is 0. The molecule has 3 aromatic rings. The number of aromatic nitrogens is 4. The third kappa shape index (κ3) is 2.35. The molecule has 0 atom stereocenters. The van der Waals surface area contributed by atoms with Crippen molar-refractivity contribution >= 4 is 5.69 Å². The molecule has 2 aromatic carbocycles. The molecule has 6 heteroatoms. The zero-order valence-corrected chi connectivity index (χ0v) is 11.7. The van der Waals surface area contributed by atoms with Gasteiger partial charge >= 0.3 is 0 Å². The van der Waals surface area contributed by atoms with E-state index in [1.807, 2.05) is 32.0 Å². The van der Waals surface area contributed by atoms with Crippen LogP contribution in [0.1, 0.15) is 11.1 Å². The molecule has 5 nitrogen and oxygen atoms in total. The summed E-state index contributed by atoms with van der Waals surface area (Å²) in [5.41, 5.74) is 9.52. The summed E-state index contributed by atoms with van der Waals surface area (Å²) in [6, 6.07) is 10.2. The Balaban J connectivity index is 2.17. The summed E-state index contributed by atoms with van der Waals surface area (Å²) in [7, 11) is 0. The zero-order valence-electron chi connectivity index (χ0n) is 11.7. The lowest BCUT2D eigenvalue weighted by Gasteiger charge is -2.08. The molecule has 1 aromatic heterocycles. The van der Waals surface area contributed by atoms with Crippen molar-refractivity contribution in [2.45, 2.75) is 13.8 Å². The molecule has 0 fully saturated rings. The number of hydrogen-bond acceptors (Lipinski definition) is 4. The van der Waals surface area contributed by atoms with E-state index in [0.29, 0.717) is 11.5 Å². The van der Waals surface area contributed by atoms with Crippen molar-refractivity contribution in [2.24, 2.45) is 0 Å². The Labute approximate surface area is 121 Å². The van der Waals surface area contributed by atoms with Gasteiger partial charge in [0.05, 0.1) is 11.3 Å². The Morgan fingerprint density at radius 2 is 1.86 bits per heavy atom. The standard InChI is InChI=1S/C15H14FN5/c1-9-3-5-12(7-10(9)2)21-15(18-19-20-21)13-8-11(17)4-6-14(13)16/h3-8H,17H2,1-2H3. The van der Waals surface area contributed by atoms with Gasteiger partial charge in [0.25, 0.3) is 0 Å². The number of benzene rings is 2. The highest BCUT2D eigenvalue weighted by atomic mass is 19.1. The molecule has 21 heavy (non-hydrogen) atoms. The highest BCUT2D eigenvalue weighted by molar-refractivity contribution is 5.63. The maximum absolute atomic E-state index is 14.0. The first-order valence-electron chi connectivity index (χ1n) is 6.47. The van der Waals surface area contributed by atoms with E-state index >= 15 is 0 Å². The molecule has 106 valence electrons. The Morgan fingerprint density at radius 1 is 1.05 bits per heavy atom. The summed E-state index contributed by atoms with van der Waals surface area (Å²) >= 11 is 0. The van der Waals surface area contributed by atoms with Crippen LogP contribution >= 0.6 is 0 Å². The molecule has 0 aliphatic heterocycles. The highest BCUT2D eigenvalue weighted by Gasteiger charge is 2.15. The molecule has 0 spiro atoms. The van der Waals surface area contributed by atoms with E-state index in [-0.39, 0.29) is 5.56 Å². The number of anilines is 1. The molecular weight excluding hydrogens is 269 g/mol. The molecule has 0 unspecified atom stereocenters. The lowest BCUT2D eigenvalue weighted by Crippen LogP contribution is -2.02. The largest absolute Gasteiger partial charge is 0.399 e. The van der Waals surface area contributed by atoms with Crippen LogP contribution in [0, 0.1) is 19.7 Å². The van der Waals surface area contributed by atoms with Crippen LogP contribution in [0.2, 0.25) is 0 Å². The van der Waals surface area contributed by atoms with Crippen LogP contribution in [0.3, 0.4) is 0 Å². The van der Waals surface area contributed by atoms with E-state index in [0.717, 1.165) is 11.3 Å². The Kier molecular flexibility index (Phi) is 3.13. The fraction of sp³-hybridized carbons (Fsp3) is 0.133. The van der Waals surface area contributed by atoms with Gasteiger partial charge in [0.1, 0.15) is 5.82 Å². The second-order valence-electron chi connectivity index (χ2n) is 4.92. The van der Waals surface area contributed by atoms with Gasteiger partial charge in [0, 0.05) is 5.69 Å². The van der Waals surface area contributed by atoms with Gasteiger partial charge in [0.2, 0.25) is 0 Å². The van der Waals surface area contributed by atoms with E-state index in [1.165, 1.54) is 28.4 Å². The number of nitrogen functional groups attached to an aromatic ring is 1. The smallest absolute Gasteiger partial charge is 0.190 e. The van der Waals surface area contributed by atoms with Crippen molar-refractivity contribution in [1.29, 1.82) is 0 Å². The number of aryl methyl sites for hydroxylation is 2. The van der Waals surface area contributed by atoms with E-state index in [2.05, 4.69) is 15.5 Å². The molecule has 2 N–H and O–H groups in total. The number of tetrazole rings is 1. The fourth-order valence-corrected chi connectivity index (χ4v) is 2.10. The van der Waals surface area contributed by atoms with Crippen LogP contribution in [-0.4, -0.2) is 20.2 Å². The monoisotopic (exact) mass is 283 g/mol. The molecule has 0 amide bonds. The summed E-state index contributed by atoms with van der Waals surface area (Å²) in [6.45, 7) is 4.03. The zero-order chi connectivity index (χ0) is 15.0. The van der Waals surface area contributed by atoms with E-state index in [9.17, 15) is 4.39 Å². The van der Waals surface area contributed by atoms with Crippen LogP contribution in [0.4, 0.5) is 10.1 Å². The molecule has 0 radical (unpaired) electrons. The van der Waals surface area contributed by atoms with Gasteiger partial charge in [-0.1, -0.05) is 6.07 Å². The third-order valence-corrected chi connectivity index (χ3v) is 3.44. The summed E-state index contributed by atoms with van der Waals surface area (Å²) in [5.74, 6) is -0.0906. The van der Waals surface area contributed by atoms with E-state index in [4.69, 9.17) is 5.73 Å². The second-order valence-corrected chi connectivity index (χ2v) is 4.92. The first kappa shape index (κ1) is 13.2. The molecule has 0 aliphatic rings. The van der Waals surface area contributed by atoms with Crippen molar-refractivity contribution in [3.63, 3.8) is 0 Å². The minimum absolute atomic E-state index is 0.276. The topological polar surface area (TPSA) is 69.6 Å². The van der Waals surface area contributed by atoms with Crippen molar-refractivity contribution in [2.75, 3.05) is 5.73 Å². The molecule has 0 aliphatic carbocycles. The van der Waals surface area contributed by atoms with Gasteiger partial charge in [-0.05, 0) is 65.7 Å². The van der Waals surface area contributed by atoms with Gasteiger partial charge < -0.3 is 5.73 Å². The van der Waals surface area contributed by atoms with Gasteiger partial charge in [0.15, 0.2) is 5.82 Å². The van der Waals surface area contributed by atoms with Gasteiger partial charge in [-0.25, -0.2) is 4.39 Å². The number of halogens is 1. The first-order chi connectivity index (χ1) is 10.1. The number of hydrogen-bond donors (Lipinski definition) is 1. The van der Waals surface area contributed by atoms with E-state index in [1.54, 1.807) is 0 Å². The van der Waals surface area contributed by atoms with Crippen LogP contribution in [0.5, 0.6) is 0 Å². The average molecular weight is 283 g/mol. The maximum Gasteiger partial charge on any atom is 0.190 e. The molecule has 3 rings (SSSR count). The van der Waals surface area contributed by atoms with Crippen molar-refractivity contribution in [1.82, 2.24) is 20.2 Å². The quantitative estimate of drug-likeness (QED) is 0.734. The van der Waals surface area contributed by atoms with Gasteiger partial charge in [-0.3, -0.25) is 0 Å².